The number of nitrogens with one attached hydrogen (secondary N) is 1. The largest absolute Gasteiger partial charge is 0.383 e. The first-order valence-corrected chi connectivity index (χ1v) is 9.39. The molecule has 0 saturated carbocycles. The zero-order valence-electron chi connectivity index (χ0n) is 13.7. The highest BCUT2D eigenvalue weighted by Gasteiger charge is 2.36. The number of hydrogen-bond donors (Lipinski definition) is 1. The molecule has 1 aliphatic rings. The number of anilines is 1. The van der Waals surface area contributed by atoms with E-state index in [2.05, 4.69) is 10.3 Å². The Morgan fingerprint density at radius 1 is 1.46 bits per heavy atom. The zero-order chi connectivity index (χ0) is 17.7. The molecule has 1 N–H and O–H groups in total. The van der Waals surface area contributed by atoms with Crippen molar-refractivity contribution in [3.05, 3.63) is 23.9 Å². The standard InChI is InChI=1S/C15H21N3O5S/c1-11-4-3-6-16-13(11)17-14(19)15(20)18(7-8-23-2)12-5-9-24(21,22)10-12/h3-4,6,12H,5,7-10H2,1-2H3,(H,16,17,19). The summed E-state index contributed by atoms with van der Waals surface area (Å²) in [6.07, 6.45) is 1.84. The van der Waals surface area contributed by atoms with Gasteiger partial charge in [0.05, 0.1) is 18.1 Å². The van der Waals surface area contributed by atoms with Crippen molar-refractivity contribution in [3.8, 4) is 0 Å². The third kappa shape index (κ3) is 4.51. The number of rotatable bonds is 5. The summed E-state index contributed by atoms with van der Waals surface area (Å²) in [6.45, 7) is 2.14. The lowest BCUT2D eigenvalue weighted by molar-refractivity contribution is -0.145. The van der Waals surface area contributed by atoms with Crippen LogP contribution >= 0.6 is 0 Å². The van der Waals surface area contributed by atoms with Crippen molar-refractivity contribution in [3.63, 3.8) is 0 Å². The molecule has 1 unspecified atom stereocenters. The number of aromatic nitrogens is 1. The van der Waals surface area contributed by atoms with E-state index in [0.717, 1.165) is 5.56 Å². The SMILES string of the molecule is COCCN(C(=O)C(=O)Nc1ncccc1C)C1CCS(=O)(=O)C1. The average molecular weight is 355 g/mol. The monoisotopic (exact) mass is 355 g/mol. The molecule has 1 aliphatic heterocycles. The van der Waals surface area contributed by atoms with Crippen molar-refractivity contribution in [1.29, 1.82) is 0 Å². The Labute approximate surface area is 141 Å². The quantitative estimate of drug-likeness (QED) is 0.745. The van der Waals surface area contributed by atoms with Crippen LogP contribution in [0.25, 0.3) is 0 Å². The maximum atomic E-state index is 12.5. The minimum atomic E-state index is -3.17. The van der Waals surface area contributed by atoms with Crippen molar-refractivity contribution < 1.29 is 22.7 Å². The molecule has 2 rings (SSSR count). The van der Waals surface area contributed by atoms with Gasteiger partial charge in [-0.25, -0.2) is 13.4 Å². The van der Waals surface area contributed by atoms with Gasteiger partial charge in [-0.3, -0.25) is 9.59 Å². The number of amides is 2. The predicted octanol–water partition coefficient (Wildman–Crippen LogP) is -0.00938. The van der Waals surface area contributed by atoms with Crippen LogP contribution in [-0.4, -0.2) is 67.9 Å². The Balaban J connectivity index is 2.12. The number of hydrogen-bond acceptors (Lipinski definition) is 6. The number of ether oxygens (including phenoxy) is 1. The summed E-state index contributed by atoms with van der Waals surface area (Å²) in [4.78, 5) is 30.1. The molecule has 0 aliphatic carbocycles. The van der Waals surface area contributed by atoms with Crippen LogP contribution in [0.2, 0.25) is 0 Å². The Bertz CT molecular complexity index is 720. The van der Waals surface area contributed by atoms with Crippen LogP contribution in [0.15, 0.2) is 18.3 Å². The first-order valence-electron chi connectivity index (χ1n) is 7.57. The van der Waals surface area contributed by atoms with Gasteiger partial charge in [0.25, 0.3) is 0 Å². The molecule has 0 radical (unpaired) electrons. The fraction of sp³-hybridized carbons (Fsp3) is 0.533. The molecule has 0 bridgehead atoms. The summed E-state index contributed by atoms with van der Waals surface area (Å²) in [5.74, 6) is -1.41. The van der Waals surface area contributed by atoms with E-state index in [-0.39, 0.29) is 24.7 Å². The highest BCUT2D eigenvalue weighted by atomic mass is 32.2. The molecule has 1 aromatic heterocycles. The smallest absolute Gasteiger partial charge is 0.315 e. The number of methoxy groups -OCH3 is 1. The summed E-state index contributed by atoms with van der Waals surface area (Å²) in [5.41, 5.74) is 0.727. The molecule has 2 amide bonds. The highest BCUT2D eigenvalue weighted by Crippen LogP contribution is 2.18. The van der Waals surface area contributed by atoms with Crippen molar-refractivity contribution in [1.82, 2.24) is 9.88 Å². The van der Waals surface area contributed by atoms with E-state index in [1.54, 1.807) is 19.1 Å². The van der Waals surface area contributed by atoms with Crippen LogP contribution in [0.1, 0.15) is 12.0 Å². The third-order valence-corrected chi connectivity index (χ3v) is 5.63. The number of nitrogens with zero attached hydrogens (tertiary/aromatic N) is 2. The van der Waals surface area contributed by atoms with Crippen LogP contribution in [0, 0.1) is 6.92 Å². The first kappa shape index (κ1) is 18.3. The maximum Gasteiger partial charge on any atom is 0.315 e. The van der Waals surface area contributed by atoms with E-state index in [0.29, 0.717) is 12.2 Å². The third-order valence-electron chi connectivity index (χ3n) is 3.88. The van der Waals surface area contributed by atoms with Crippen molar-refractivity contribution in [2.24, 2.45) is 0 Å². The molecule has 132 valence electrons. The van der Waals surface area contributed by atoms with Crippen LogP contribution in [0.4, 0.5) is 5.82 Å². The minimum absolute atomic E-state index is 0.0232. The van der Waals surface area contributed by atoms with E-state index in [1.165, 1.54) is 18.2 Å². The number of aryl methyl sites for hydroxylation is 1. The van der Waals surface area contributed by atoms with Crippen molar-refractivity contribution in [2.45, 2.75) is 19.4 Å². The average Bonchev–Trinajstić information content (AvgIpc) is 2.89. The molecule has 24 heavy (non-hydrogen) atoms. The number of carbonyl (C=O) groups is 2. The summed E-state index contributed by atoms with van der Waals surface area (Å²) < 4.78 is 28.3. The van der Waals surface area contributed by atoms with Crippen LogP contribution < -0.4 is 5.32 Å². The summed E-state index contributed by atoms with van der Waals surface area (Å²) >= 11 is 0. The van der Waals surface area contributed by atoms with Crippen LogP contribution in [-0.2, 0) is 24.2 Å². The second-order valence-electron chi connectivity index (χ2n) is 5.67. The number of sulfone groups is 1. The number of carbonyl (C=O) groups excluding carboxylic acids is 2. The Hall–Kier alpha value is -2.00. The Morgan fingerprint density at radius 2 is 2.21 bits per heavy atom. The van der Waals surface area contributed by atoms with Gasteiger partial charge in [0.2, 0.25) is 0 Å². The molecule has 1 saturated heterocycles. The van der Waals surface area contributed by atoms with E-state index in [1.807, 2.05) is 0 Å². The van der Waals surface area contributed by atoms with Crippen molar-refractivity contribution in [2.75, 3.05) is 37.1 Å². The topological polar surface area (TPSA) is 106 Å². The fourth-order valence-corrected chi connectivity index (χ4v) is 4.30. The molecule has 1 aromatic rings. The van der Waals surface area contributed by atoms with Gasteiger partial charge in [-0.15, -0.1) is 0 Å². The normalized spacial score (nSPS) is 19.0. The molecule has 9 heteroatoms. The lowest BCUT2D eigenvalue weighted by Crippen LogP contribution is -2.48. The van der Waals surface area contributed by atoms with Gasteiger partial charge < -0.3 is 15.0 Å². The van der Waals surface area contributed by atoms with Gasteiger partial charge >= 0.3 is 11.8 Å². The van der Waals surface area contributed by atoms with Gasteiger partial charge in [-0.05, 0) is 25.0 Å². The van der Waals surface area contributed by atoms with Gasteiger partial charge in [-0.1, -0.05) is 6.07 Å². The number of pyridine rings is 1. The summed E-state index contributed by atoms with van der Waals surface area (Å²) in [7, 11) is -1.69. The first-order chi connectivity index (χ1) is 11.3. The minimum Gasteiger partial charge on any atom is -0.383 e. The van der Waals surface area contributed by atoms with Crippen LogP contribution in [0.5, 0.6) is 0 Å². The second-order valence-corrected chi connectivity index (χ2v) is 7.90. The molecular weight excluding hydrogens is 334 g/mol. The van der Waals surface area contributed by atoms with Crippen LogP contribution in [0.3, 0.4) is 0 Å². The Morgan fingerprint density at radius 3 is 2.79 bits per heavy atom. The predicted molar refractivity (Wildman–Crippen MR) is 88.3 cm³/mol. The highest BCUT2D eigenvalue weighted by molar-refractivity contribution is 7.91. The van der Waals surface area contributed by atoms with E-state index in [4.69, 9.17) is 4.74 Å². The van der Waals surface area contributed by atoms with E-state index >= 15 is 0 Å². The maximum absolute atomic E-state index is 12.5. The molecular formula is C15H21N3O5S. The summed E-state index contributed by atoms with van der Waals surface area (Å²) in [6, 6.07) is 2.98. The zero-order valence-corrected chi connectivity index (χ0v) is 14.5. The molecule has 8 nitrogen and oxygen atoms in total. The van der Waals surface area contributed by atoms with Crippen molar-refractivity contribution >= 4 is 27.5 Å². The van der Waals surface area contributed by atoms with Gasteiger partial charge in [0.15, 0.2) is 9.84 Å². The lowest BCUT2D eigenvalue weighted by Gasteiger charge is -2.27. The lowest BCUT2D eigenvalue weighted by atomic mass is 10.2. The van der Waals surface area contributed by atoms with E-state index < -0.39 is 27.7 Å². The second kappa shape index (κ2) is 7.71. The molecule has 0 aromatic carbocycles. The fourth-order valence-electron chi connectivity index (χ4n) is 2.57. The summed E-state index contributed by atoms with van der Waals surface area (Å²) in [5, 5.41) is 2.48. The molecule has 2 heterocycles. The van der Waals surface area contributed by atoms with Gasteiger partial charge in [-0.2, -0.15) is 0 Å². The Kier molecular flexibility index (Phi) is 5.89. The molecule has 0 spiro atoms. The molecule has 1 atom stereocenters. The van der Waals surface area contributed by atoms with Gasteiger partial charge in [0, 0.05) is 25.9 Å². The van der Waals surface area contributed by atoms with E-state index in [9.17, 15) is 18.0 Å². The van der Waals surface area contributed by atoms with Gasteiger partial charge in [0.1, 0.15) is 5.82 Å². The molecule has 1 fully saturated rings.